The van der Waals surface area contributed by atoms with Crippen LogP contribution in [0.5, 0.6) is 11.5 Å². The third kappa shape index (κ3) is 1.98. The van der Waals surface area contributed by atoms with Crippen molar-refractivity contribution in [3.63, 3.8) is 0 Å². The van der Waals surface area contributed by atoms with Gasteiger partial charge >= 0.3 is 0 Å². The summed E-state index contributed by atoms with van der Waals surface area (Å²) < 4.78 is 10.4. The molecule has 0 amide bonds. The Hall–Kier alpha value is -1.09. The summed E-state index contributed by atoms with van der Waals surface area (Å²) in [7, 11) is 3.24. The number of methoxy groups -OCH3 is 2. The molecule has 13 heavy (non-hydrogen) atoms. The van der Waals surface area contributed by atoms with E-state index in [0.29, 0.717) is 0 Å². The standard InChI is InChI=1S/C10H12O2S/c1-7-4-9(11-2)8(6-13)10(5-7)12-3/h4-6H,1-3H3. The summed E-state index contributed by atoms with van der Waals surface area (Å²) in [5.41, 5.74) is 1.92. The van der Waals surface area contributed by atoms with Gasteiger partial charge in [-0.25, -0.2) is 0 Å². The highest BCUT2D eigenvalue weighted by Crippen LogP contribution is 2.28. The maximum absolute atomic E-state index is 5.18. The molecule has 0 spiro atoms. The lowest BCUT2D eigenvalue weighted by Crippen LogP contribution is -1.95. The summed E-state index contributed by atoms with van der Waals surface area (Å²) >= 11 is 4.88. The van der Waals surface area contributed by atoms with Crippen molar-refractivity contribution >= 4 is 17.6 Å². The monoisotopic (exact) mass is 196 g/mol. The number of ether oxygens (including phenoxy) is 2. The van der Waals surface area contributed by atoms with Crippen LogP contribution in [0.25, 0.3) is 0 Å². The van der Waals surface area contributed by atoms with Crippen molar-refractivity contribution in [3.8, 4) is 11.5 Å². The van der Waals surface area contributed by atoms with Crippen LogP contribution in [-0.4, -0.2) is 19.6 Å². The third-order valence-corrected chi connectivity index (χ3v) is 2.04. The molecule has 0 bridgehead atoms. The Bertz CT molecular complexity index is 296. The van der Waals surface area contributed by atoms with Gasteiger partial charge in [-0.3, -0.25) is 0 Å². The van der Waals surface area contributed by atoms with Gasteiger partial charge in [-0.2, -0.15) is 0 Å². The number of thiocarbonyl (C=S) groups is 1. The molecule has 0 fully saturated rings. The fourth-order valence-corrected chi connectivity index (χ4v) is 1.42. The number of benzene rings is 1. The van der Waals surface area contributed by atoms with Crippen LogP contribution in [0.4, 0.5) is 0 Å². The van der Waals surface area contributed by atoms with Gasteiger partial charge in [0, 0.05) is 5.37 Å². The summed E-state index contributed by atoms with van der Waals surface area (Å²) in [6.07, 6.45) is 0. The Balaban J connectivity index is 3.33. The molecule has 0 aliphatic rings. The quantitative estimate of drug-likeness (QED) is 0.691. The predicted octanol–water partition coefficient (Wildman–Crippen LogP) is 2.36. The lowest BCUT2D eigenvalue weighted by atomic mass is 10.1. The van der Waals surface area contributed by atoms with Crippen LogP contribution in [0.1, 0.15) is 11.1 Å². The van der Waals surface area contributed by atoms with Gasteiger partial charge in [0.15, 0.2) is 0 Å². The smallest absolute Gasteiger partial charge is 0.130 e. The Morgan fingerprint density at radius 2 is 1.62 bits per heavy atom. The molecule has 0 aliphatic carbocycles. The molecule has 0 aromatic heterocycles. The molecular formula is C10H12O2S. The average Bonchev–Trinajstić information content (AvgIpc) is 2.16. The summed E-state index contributed by atoms with van der Waals surface area (Å²) in [5, 5.41) is 1.57. The van der Waals surface area contributed by atoms with Gasteiger partial charge in [-0.15, -0.1) is 0 Å². The van der Waals surface area contributed by atoms with Crippen LogP contribution < -0.4 is 9.47 Å². The molecule has 0 aliphatic heterocycles. The van der Waals surface area contributed by atoms with Crippen LogP contribution in [0.2, 0.25) is 0 Å². The van der Waals surface area contributed by atoms with E-state index in [1.54, 1.807) is 19.6 Å². The lowest BCUT2D eigenvalue weighted by Gasteiger charge is -2.10. The average molecular weight is 196 g/mol. The highest BCUT2D eigenvalue weighted by Gasteiger charge is 2.07. The molecule has 3 heteroatoms. The number of rotatable bonds is 3. The number of hydrogen-bond acceptors (Lipinski definition) is 3. The van der Waals surface area contributed by atoms with Gasteiger partial charge in [0.2, 0.25) is 0 Å². The Labute approximate surface area is 83.5 Å². The van der Waals surface area contributed by atoms with Gasteiger partial charge in [-0.05, 0) is 24.6 Å². The van der Waals surface area contributed by atoms with Gasteiger partial charge in [-0.1, -0.05) is 12.2 Å². The topological polar surface area (TPSA) is 18.5 Å². The molecule has 0 radical (unpaired) electrons. The minimum absolute atomic E-state index is 0.756. The van der Waals surface area contributed by atoms with Crippen molar-refractivity contribution in [2.45, 2.75) is 6.92 Å². The zero-order valence-corrected chi connectivity index (χ0v) is 8.77. The number of aryl methyl sites for hydroxylation is 1. The third-order valence-electron chi connectivity index (χ3n) is 1.81. The number of hydrogen-bond donors (Lipinski definition) is 0. The second kappa shape index (κ2) is 4.23. The molecule has 0 atom stereocenters. The van der Waals surface area contributed by atoms with E-state index in [2.05, 4.69) is 0 Å². The molecule has 1 rings (SSSR count). The Kier molecular flexibility index (Phi) is 3.25. The minimum atomic E-state index is 0.756. The first-order chi connectivity index (χ1) is 6.22. The van der Waals surface area contributed by atoms with Crippen molar-refractivity contribution in [3.05, 3.63) is 23.3 Å². The van der Waals surface area contributed by atoms with Crippen LogP contribution >= 0.6 is 12.2 Å². The van der Waals surface area contributed by atoms with E-state index >= 15 is 0 Å². The van der Waals surface area contributed by atoms with Crippen LogP contribution in [0.3, 0.4) is 0 Å². The van der Waals surface area contributed by atoms with Gasteiger partial charge in [0.25, 0.3) is 0 Å². The molecule has 0 saturated carbocycles. The highest BCUT2D eigenvalue weighted by atomic mass is 32.1. The van der Waals surface area contributed by atoms with Crippen molar-refractivity contribution in [2.24, 2.45) is 0 Å². The molecule has 1 aromatic rings. The zero-order chi connectivity index (χ0) is 9.84. The van der Waals surface area contributed by atoms with Gasteiger partial charge in [0.05, 0.1) is 19.8 Å². The predicted molar refractivity (Wildman–Crippen MR) is 57.0 cm³/mol. The van der Waals surface area contributed by atoms with E-state index in [-0.39, 0.29) is 0 Å². The summed E-state index contributed by atoms with van der Waals surface area (Å²) in [4.78, 5) is 0. The van der Waals surface area contributed by atoms with Crippen LogP contribution in [-0.2, 0) is 0 Å². The lowest BCUT2D eigenvalue weighted by molar-refractivity contribution is 0.393. The first-order valence-corrected chi connectivity index (χ1v) is 4.38. The van der Waals surface area contributed by atoms with Gasteiger partial charge in [0.1, 0.15) is 11.5 Å². The van der Waals surface area contributed by atoms with E-state index in [9.17, 15) is 0 Å². The first kappa shape index (κ1) is 9.99. The van der Waals surface area contributed by atoms with Crippen molar-refractivity contribution in [1.82, 2.24) is 0 Å². The molecule has 0 heterocycles. The zero-order valence-electron chi connectivity index (χ0n) is 7.96. The molecule has 0 unspecified atom stereocenters. The summed E-state index contributed by atoms with van der Waals surface area (Å²) in [5.74, 6) is 1.51. The second-order valence-electron chi connectivity index (χ2n) is 2.70. The maximum Gasteiger partial charge on any atom is 0.130 e. The molecule has 70 valence electrons. The van der Waals surface area contributed by atoms with Crippen LogP contribution in [0.15, 0.2) is 12.1 Å². The fraction of sp³-hybridized carbons (Fsp3) is 0.300. The van der Waals surface area contributed by atoms with Gasteiger partial charge < -0.3 is 9.47 Å². The molecule has 0 N–H and O–H groups in total. The minimum Gasteiger partial charge on any atom is -0.496 e. The molecular weight excluding hydrogens is 184 g/mol. The largest absolute Gasteiger partial charge is 0.496 e. The van der Waals surface area contributed by atoms with Crippen molar-refractivity contribution in [2.75, 3.05) is 14.2 Å². The summed E-state index contributed by atoms with van der Waals surface area (Å²) in [6, 6.07) is 3.86. The maximum atomic E-state index is 5.18. The van der Waals surface area contributed by atoms with Crippen LogP contribution in [0, 0.1) is 6.92 Å². The van der Waals surface area contributed by atoms with E-state index in [1.165, 1.54) is 0 Å². The molecule has 0 saturated heterocycles. The van der Waals surface area contributed by atoms with E-state index in [0.717, 1.165) is 22.6 Å². The SMILES string of the molecule is COc1cc(C)cc(OC)c1C=S. The Morgan fingerprint density at radius 3 is 1.92 bits per heavy atom. The molecule has 2 nitrogen and oxygen atoms in total. The normalized spacial score (nSPS) is 9.46. The molecule has 1 aromatic carbocycles. The fourth-order valence-electron chi connectivity index (χ4n) is 1.19. The van der Waals surface area contributed by atoms with Crippen molar-refractivity contribution in [1.29, 1.82) is 0 Å². The van der Waals surface area contributed by atoms with E-state index < -0.39 is 0 Å². The van der Waals surface area contributed by atoms with E-state index in [1.807, 2.05) is 19.1 Å². The first-order valence-electron chi connectivity index (χ1n) is 3.90. The van der Waals surface area contributed by atoms with E-state index in [4.69, 9.17) is 21.7 Å². The summed E-state index contributed by atoms with van der Waals surface area (Å²) in [6.45, 7) is 1.98. The Morgan fingerprint density at radius 1 is 1.15 bits per heavy atom. The second-order valence-corrected chi connectivity index (χ2v) is 2.94. The highest BCUT2D eigenvalue weighted by molar-refractivity contribution is 7.79. The van der Waals surface area contributed by atoms with Crippen molar-refractivity contribution < 1.29 is 9.47 Å².